The third kappa shape index (κ3) is 3.04. The van der Waals surface area contributed by atoms with Crippen LogP contribution in [-0.4, -0.2) is 40.9 Å². The van der Waals surface area contributed by atoms with Gasteiger partial charge >= 0.3 is 5.97 Å². The first kappa shape index (κ1) is 15.8. The number of aliphatic carboxylic acids is 1. The first-order valence-corrected chi connectivity index (χ1v) is 7.60. The van der Waals surface area contributed by atoms with Gasteiger partial charge in [-0.1, -0.05) is 19.3 Å². The fourth-order valence-corrected chi connectivity index (χ4v) is 3.47. The third-order valence-electron chi connectivity index (χ3n) is 5.17. The van der Waals surface area contributed by atoms with Crippen LogP contribution in [0.1, 0.15) is 51.9 Å². The van der Waals surface area contributed by atoms with Gasteiger partial charge in [-0.3, -0.25) is 14.4 Å². The monoisotopic (exact) mass is 296 g/mol. The SMILES string of the molecule is CC1(C(N)=O)CCN(C(=O)CC2(C(=O)O)CCCCC2)C1. The Morgan fingerprint density at radius 2 is 1.76 bits per heavy atom. The van der Waals surface area contributed by atoms with Gasteiger partial charge in [0, 0.05) is 19.5 Å². The van der Waals surface area contributed by atoms with Crippen molar-refractivity contribution in [2.45, 2.75) is 51.9 Å². The van der Waals surface area contributed by atoms with Crippen molar-refractivity contribution in [1.82, 2.24) is 4.90 Å². The molecule has 1 saturated heterocycles. The van der Waals surface area contributed by atoms with Crippen molar-refractivity contribution >= 4 is 17.8 Å². The van der Waals surface area contributed by atoms with E-state index in [-0.39, 0.29) is 12.3 Å². The molecule has 2 amide bonds. The van der Waals surface area contributed by atoms with E-state index in [1.165, 1.54) is 0 Å². The summed E-state index contributed by atoms with van der Waals surface area (Å²) in [5.74, 6) is -1.43. The van der Waals surface area contributed by atoms with Crippen LogP contribution in [0, 0.1) is 10.8 Å². The van der Waals surface area contributed by atoms with Crippen LogP contribution >= 0.6 is 0 Å². The lowest BCUT2D eigenvalue weighted by atomic mass is 9.71. The maximum absolute atomic E-state index is 12.4. The second kappa shape index (κ2) is 5.66. The van der Waals surface area contributed by atoms with Gasteiger partial charge in [0.25, 0.3) is 0 Å². The molecule has 0 bridgehead atoms. The second-order valence-corrected chi connectivity index (χ2v) is 6.81. The molecule has 2 aliphatic rings. The van der Waals surface area contributed by atoms with Gasteiger partial charge in [-0.05, 0) is 26.2 Å². The minimum Gasteiger partial charge on any atom is -0.481 e. The summed E-state index contributed by atoms with van der Waals surface area (Å²) in [5.41, 5.74) is 3.78. The molecular weight excluding hydrogens is 272 g/mol. The van der Waals surface area contributed by atoms with Crippen molar-refractivity contribution in [2.24, 2.45) is 16.6 Å². The average Bonchev–Trinajstić information content (AvgIpc) is 2.84. The smallest absolute Gasteiger partial charge is 0.310 e. The quantitative estimate of drug-likeness (QED) is 0.812. The highest BCUT2D eigenvalue weighted by Crippen LogP contribution is 2.41. The molecule has 21 heavy (non-hydrogen) atoms. The minimum atomic E-state index is -0.916. The molecule has 3 N–H and O–H groups in total. The molecule has 0 aromatic rings. The number of hydrogen-bond donors (Lipinski definition) is 2. The normalized spacial score (nSPS) is 28.3. The van der Waals surface area contributed by atoms with Crippen molar-refractivity contribution in [3.05, 3.63) is 0 Å². The van der Waals surface area contributed by atoms with E-state index in [9.17, 15) is 19.5 Å². The van der Waals surface area contributed by atoms with Crippen LogP contribution in [0.4, 0.5) is 0 Å². The van der Waals surface area contributed by atoms with Crippen molar-refractivity contribution in [1.29, 1.82) is 0 Å². The molecule has 2 fully saturated rings. The molecule has 1 aliphatic carbocycles. The second-order valence-electron chi connectivity index (χ2n) is 6.81. The molecule has 1 atom stereocenters. The van der Waals surface area contributed by atoms with E-state index in [4.69, 9.17) is 5.73 Å². The van der Waals surface area contributed by atoms with Crippen LogP contribution in [0.15, 0.2) is 0 Å². The number of carboxylic acids is 1. The highest BCUT2D eigenvalue weighted by molar-refractivity contribution is 5.87. The highest BCUT2D eigenvalue weighted by Gasteiger charge is 2.45. The molecule has 0 spiro atoms. The zero-order chi connectivity index (χ0) is 15.7. The molecule has 1 heterocycles. The molecule has 0 radical (unpaired) electrons. The number of carbonyl (C=O) groups excluding carboxylic acids is 2. The summed E-state index contributed by atoms with van der Waals surface area (Å²) in [7, 11) is 0. The Morgan fingerprint density at radius 1 is 1.14 bits per heavy atom. The van der Waals surface area contributed by atoms with Crippen LogP contribution in [0.25, 0.3) is 0 Å². The largest absolute Gasteiger partial charge is 0.481 e. The predicted octanol–water partition coefficient (Wildman–Crippen LogP) is 1.14. The molecule has 6 nitrogen and oxygen atoms in total. The van der Waals surface area contributed by atoms with Crippen molar-refractivity contribution in [3.63, 3.8) is 0 Å². The lowest BCUT2D eigenvalue weighted by Gasteiger charge is -2.34. The Labute approximate surface area is 124 Å². The van der Waals surface area contributed by atoms with Crippen LogP contribution in [0.5, 0.6) is 0 Å². The maximum atomic E-state index is 12.4. The summed E-state index contributed by atoms with van der Waals surface area (Å²) in [6.07, 6.45) is 4.47. The maximum Gasteiger partial charge on any atom is 0.310 e. The van der Waals surface area contributed by atoms with E-state index in [0.29, 0.717) is 32.4 Å². The number of rotatable bonds is 4. The molecule has 2 rings (SSSR count). The Bertz CT molecular complexity index is 457. The van der Waals surface area contributed by atoms with Crippen LogP contribution in [0.3, 0.4) is 0 Å². The number of amides is 2. The Morgan fingerprint density at radius 3 is 2.24 bits per heavy atom. The number of likely N-dealkylation sites (tertiary alicyclic amines) is 1. The molecule has 1 unspecified atom stereocenters. The predicted molar refractivity (Wildman–Crippen MR) is 76.3 cm³/mol. The summed E-state index contributed by atoms with van der Waals surface area (Å²) >= 11 is 0. The molecule has 1 aliphatic heterocycles. The zero-order valence-electron chi connectivity index (χ0n) is 12.6. The molecular formula is C15H24N2O4. The summed E-state index contributed by atoms with van der Waals surface area (Å²) in [6, 6.07) is 0. The van der Waals surface area contributed by atoms with E-state index in [2.05, 4.69) is 0 Å². The standard InChI is InChI=1S/C15H24N2O4/c1-14(12(16)19)7-8-17(10-14)11(18)9-15(13(20)21)5-3-2-4-6-15/h2-10H2,1H3,(H2,16,19)(H,20,21). The molecule has 118 valence electrons. The van der Waals surface area contributed by atoms with Crippen LogP contribution < -0.4 is 5.73 Å². The van der Waals surface area contributed by atoms with E-state index < -0.39 is 22.7 Å². The summed E-state index contributed by atoms with van der Waals surface area (Å²) in [6.45, 7) is 2.54. The lowest BCUT2D eigenvalue weighted by Crippen LogP contribution is -2.42. The van der Waals surface area contributed by atoms with Crippen molar-refractivity contribution < 1.29 is 19.5 Å². The Kier molecular flexibility index (Phi) is 4.25. The Balaban J connectivity index is 2.04. The number of carbonyl (C=O) groups is 3. The number of hydrogen-bond acceptors (Lipinski definition) is 3. The first-order valence-electron chi connectivity index (χ1n) is 7.60. The summed E-state index contributed by atoms with van der Waals surface area (Å²) in [5, 5.41) is 9.53. The highest BCUT2D eigenvalue weighted by atomic mass is 16.4. The number of nitrogens with two attached hydrogens (primary N) is 1. The van der Waals surface area contributed by atoms with Gasteiger partial charge in [0.05, 0.1) is 10.8 Å². The zero-order valence-corrected chi connectivity index (χ0v) is 12.6. The van der Waals surface area contributed by atoms with E-state index in [1.807, 2.05) is 0 Å². The summed E-state index contributed by atoms with van der Waals surface area (Å²) in [4.78, 5) is 37.1. The first-order chi connectivity index (χ1) is 9.79. The number of nitrogens with zero attached hydrogens (tertiary/aromatic N) is 1. The van der Waals surface area contributed by atoms with E-state index >= 15 is 0 Å². The lowest BCUT2D eigenvalue weighted by molar-refractivity contribution is -0.156. The van der Waals surface area contributed by atoms with Gasteiger partial charge in [-0.25, -0.2) is 0 Å². The van der Waals surface area contributed by atoms with Gasteiger partial charge < -0.3 is 15.7 Å². The minimum absolute atomic E-state index is 0.0389. The van der Waals surface area contributed by atoms with Gasteiger partial charge in [-0.15, -0.1) is 0 Å². The van der Waals surface area contributed by atoms with Crippen molar-refractivity contribution in [2.75, 3.05) is 13.1 Å². The number of carboxylic acid groups (broad SMARTS) is 1. The average molecular weight is 296 g/mol. The van der Waals surface area contributed by atoms with Gasteiger partial charge in [-0.2, -0.15) is 0 Å². The molecule has 1 saturated carbocycles. The third-order valence-corrected chi connectivity index (χ3v) is 5.17. The molecule has 0 aromatic carbocycles. The number of primary amides is 1. The van der Waals surface area contributed by atoms with Crippen LogP contribution in [-0.2, 0) is 14.4 Å². The Hall–Kier alpha value is -1.59. The van der Waals surface area contributed by atoms with E-state index in [0.717, 1.165) is 19.3 Å². The van der Waals surface area contributed by atoms with Crippen LogP contribution in [0.2, 0.25) is 0 Å². The van der Waals surface area contributed by atoms with Crippen molar-refractivity contribution in [3.8, 4) is 0 Å². The summed E-state index contributed by atoms with van der Waals surface area (Å²) < 4.78 is 0. The topological polar surface area (TPSA) is 101 Å². The van der Waals surface area contributed by atoms with Gasteiger partial charge in [0.2, 0.25) is 11.8 Å². The van der Waals surface area contributed by atoms with E-state index in [1.54, 1.807) is 11.8 Å². The van der Waals surface area contributed by atoms with Gasteiger partial charge in [0.1, 0.15) is 0 Å². The fourth-order valence-electron chi connectivity index (χ4n) is 3.47. The fraction of sp³-hybridized carbons (Fsp3) is 0.800. The van der Waals surface area contributed by atoms with Gasteiger partial charge in [0.15, 0.2) is 0 Å². The molecule has 0 aromatic heterocycles. The molecule has 6 heteroatoms.